The summed E-state index contributed by atoms with van der Waals surface area (Å²) in [6, 6.07) is 9.31. The van der Waals surface area contributed by atoms with Crippen LogP contribution in [-0.2, 0) is 6.42 Å². The molecule has 1 heteroatoms. The fourth-order valence-electron chi connectivity index (χ4n) is 2.21. The molecule has 88 valence electrons. The first kappa shape index (κ1) is 11.7. The van der Waals surface area contributed by atoms with Crippen LogP contribution in [0, 0.1) is 5.92 Å². The minimum Gasteiger partial charge on any atom is -0.327 e. The smallest absolute Gasteiger partial charge is 0.00819 e. The van der Waals surface area contributed by atoms with Gasteiger partial charge in [0.2, 0.25) is 0 Å². The van der Waals surface area contributed by atoms with Crippen LogP contribution in [0.2, 0.25) is 0 Å². The van der Waals surface area contributed by atoms with Gasteiger partial charge in [-0.2, -0.15) is 0 Å². The Morgan fingerprint density at radius 2 is 1.81 bits per heavy atom. The minimum absolute atomic E-state index is 0.359. The highest BCUT2D eigenvalue weighted by atomic mass is 14.6. The zero-order valence-electron chi connectivity index (χ0n) is 10.4. The Labute approximate surface area is 99.0 Å². The molecule has 1 fully saturated rings. The van der Waals surface area contributed by atoms with E-state index in [2.05, 4.69) is 38.1 Å². The Bertz CT molecular complexity index is 322. The first-order chi connectivity index (χ1) is 7.65. The second-order valence-corrected chi connectivity index (χ2v) is 5.54. The van der Waals surface area contributed by atoms with Crippen molar-refractivity contribution in [3.8, 4) is 0 Å². The van der Waals surface area contributed by atoms with E-state index in [1.807, 2.05) is 0 Å². The van der Waals surface area contributed by atoms with Crippen LogP contribution in [0.4, 0.5) is 0 Å². The fraction of sp³-hybridized carbons (Fsp3) is 0.600. The van der Waals surface area contributed by atoms with Crippen molar-refractivity contribution in [1.82, 2.24) is 0 Å². The molecule has 1 aromatic carbocycles. The lowest BCUT2D eigenvalue weighted by atomic mass is 9.98. The average Bonchev–Trinajstić information content (AvgIpc) is 3.02. The van der Waals surface area contributed by atoms with Crippen molar-refractivity contribution >= 4 is 0 Å². The summed E-state index contributed by atoms with van der Waals surface area (Å²) >= 11 is 0. The third-order valence-corrected chi connectivity index (χ3v) is 3.48. The number of benzene rings is 1. The molecule has 0 saturated heterocycles. The average molecular weight is 217 g/mol. The summed E-state index contributed by atoms with van der Waals surface area (Å²) in [5, 5.41) is 0. The second kappa shape index (κ2) is 5.01. The Kier molecular flexibility index (Phi) is 3.65. The zero-order chi connectivity index (χ0) is 11.5. The monoisotopic (exact) mass is 217 g/mol. The number of rotatable bonds is 5. The molecule has 1 aliphatic carbocycles. The van der Waals surface area contributed by atoms with E-state index >= 15 is 0 Å². The number of hydrogen-bond donors (Lipinski definition) is 1. The molecule has 1 unspecified atom stereocenters. The summed E-state index contributed by atoms with van der Waals surface area (Å²) in [4.78, 5) is 0. The fourth-order valence-corrected chi connectivity index (χ4v) is 2.21. The SMILES string of the molecule is CC(C)c1ccc(CC(N)CC2CC2)cc1. The molecule has 1 aliphatic rings. The van der Waals surface area contributed by atoms with Crippen molar-refractivity contribution < 1.29 is 0 Å². The molecule has 0 amide bonds. The van der Waals surface area contributed by atoms with Crippen molar-refractivity contribution in [1.29, 1.82) is 0 Å². The van der Waals surface area contributed by atoms with Gasteiger partial charge >= 0.3 is 0 Å². The lowest BCUT2D eigenvalue weighted by molar-refractivity contribution is 0.566. The molecule has 1 saturated carbocycles. The van der Waals surface area contributed by atoms with Gasteiger partial charge in [0.05, 0.1) is 0 Å². The maximum absolute atomic E-state index is 6.14. The summed E-state index contributed by atoms with van der Waals surface area (Å²) in [5.74, 6) is 1.55. The van der Waals surface area contributed by atoms with Gasteiger partial charge in [0.15, 0.2) is 0 Å². The van der Waals surface area contributed by atoms with E-state index in [9.17, 15) is 0 Å². The van der Waals surface area contributed by atoms with E-state index < -0.39 is 0 Å². The predicted octanol–water partition coefficient (Wildman–Crippen LogP) is 3.48. The van der Waals surface area contributed by atoms with Gasteiger partial charge in [-0.15, -0.1) is 0 Å². The van der Waals surface area contributed by atoms with Crippen LogP contribution >= 0.6 is 0 Å². The molecular weight excluding hydrogens is 194 g/mol. The second-order valence-electron chi connectivity index (χ2n) is 5.54. The van der Waals surface area contributed by atoms with E-state index in [0.29, 0.717) is 12.0 Å². The highest BCUT2D eigenvalue weighted by Gasteiger charge is 2.23. The predicted molar refractivity (Wildman–Crippen MR) is 69.6 cm³/mol. The minimum atomic E-state index is 0.359. The van der Waals surface area contributed by atoms with Gasteiger partial charge in [-0.1, -0.05) is 51.0 Å². The van der Waals surface area contributed by atoms with Crippen molar-refractivity contribution in [2.45, 2.75) is 51.5 Å². The highest BCUT2D eigenvalue weighted by molar-refractivity contribution is 5.25. The van der Waals surface area contributed by atoms with Crippen LogP contribution in [0.3, 0.4) is 0 Å². The molecule has 2 N–H and O–H groups in total. The maximum Gasteiger partial charge on any atom is 0.00819 e. The van der Waals surface area contributed by atoms with Gasteiger partial charge in [-0.25, -0.2) is 0 Å². The largest absolute Gasteiger partial charge is 0.327 e. The van der Waals surface area contributed by atoms with Crippen LogP contribution in [0.15, 0.2) is 24.3 Å². The van der Waals surface area contributed by atoms with Crippen molar-refractivity contribution in [2.75, 3.05) is 0 Å². The zero-order valence-corrected chi connectivity index (χ0v) is 10.4. The Morgan fingerprint density at radius 1 is 1.19 bits per heavy atom. The summed E-state index contributed by atoms with van der Waals surface area (Å²) in [7, 11) is 0. The van der Waals surface area contributed by atoms with Crippen LogP contribution in [0.5, 0.6) is 0 Å². The third-order valence-electron chi connectivity index (χ3n) is 3.48. The standard InChI is InChI=1S/C15H23N/c1-11(2)14-7-5-13(6-8-14)10-15(16)9-12-3-4-12/h5-8,11-12,15H,3-4,9-10,16H2,1-2H3. The summed E-state index contributed by atoms with van der Waals surface area (Å²) in [5.41, 5.74) is 8.95. The molecule has 2 rings (SSSR count). The molecule has 1 atom stereocenters. The molecule has 1 aromatic rings. The van der Waals surface area contributed by atoms with Crippen LogP contribution < -0.4 is 5.73 Å². The molecule has 1 nitrogen and oxygen atoms in total. The molecule has 0 heterocycles. The van der Waals surface area contributed by atoms with Gasteiger partial charge in [-0.05, 0) is 35.8 Å². The van der Waals surface area contributed by atoms with Crippen LogP contribution in [0.25, 0.3) is 0 Å². The first-order valence-corrected chi connectivity index (χ1v) is 6.49. The molecule has 0 spiro atoms. The molecular formula is C15H23N. The molecule has 16 heavy (non-hydrogen) atoms. The number of hydrogen-bond acceptors (Lipinski definition) is 1. The normalized spacial score (nSPS) is 17.8. The van der Waals surface area contributed by atoms with Gasteiger partial charge < -0.3 is 5.73 Å². The quantitative estimate of drug-likeness (QED) is 0.803. The molecule has 0 aliphatic heterocycles. The van der Waals surface area contributed by atoms with E-state index in [1.54, 1.807) is 0 Å². The van der Waals surface area contributed by atoms with Crippen molar-refractivity contribution in [3.63, 3.8) is 0 Å². The highest BCUT2D eigenvalue weighted by Crippen LogP contribution is 2.33. The van der Waals surface area contributed by atoms with E-state index in [4.69, 9.17) is 5.73 Å². The van der Waals surface area contributed by atoms with E-state index in [1.165, 1.54) is 30.4 Å². The molecule has 0 aromatic heterocycles. The van der Waals surface area contributed by atoms with Gasteiger partial charge in [0.1, 0.15) is 0 Å². The molecule has 0 radical (unpaired) electrons. The molecule has 0 bridgehead atoms. The third kappa shape index (κ3) is 3.34. The van der Waals surface area contributed by atoms with Crippen LogP contribution in [0.1, 0.15) is 50.2 Å². The Hall–Kier alpha value is -0.820. The summed E-state index contributed by atoms with van der Waals surface area (Å²) in [6.45, 7) is 4.46. The lowest BCUT2D eigenvalue weighted by Gasteiger charge is -2.12. The summed E-state index contributed by atoms with van der Waals surface area (Å²) < 4.78 is 0. The summed E-state index contributed by atoms with van der Waals surface area (Å²) in [6.07, 6.45) is 5.06. The van der Waals surface area contributed by atoms with Crippen LogP contribution in [-0.4, -0.2) is 6.04 Å². The first-order valence-electron chi connectivity index (χ1n) is 6.49. The Morgan fingerprint density at radius 3 is 2.31 bits per heavy atom. The number of nitrogens with two attached hydrogens (primary N) is 1. The Balaban J connectivity index is 1.88. The topological polar surface area (TPSA) is 26.0 Å². The van der Waals surface area contributed by atoms with Gasteiger partial charge in [-0.3, -0.25) is 0 Å². The van der Waals surface area contributed by atoms with E-state index in [0.717, 1.165) is 12.3 Å². The van der Waals surface area contributed by atoms with Gasteiger partial charge in [0.25, 0.3) is 0 Å². The lowest BCUT2D eigenvalue weighted by Crippen LogP contribution is -2.23. The maximum atomic E-state index is 6.14. The van der Waals surface area contributed by atoms with Crippen molar-refractivity contribution in [2.24, 2.45) is 11.7 Å². The van der Waals surface area contributed by atoms with Gasteiger partial charge in [0, 0.05) is 6.04 Å². The van der Waals surface area contributed by atoms with E-state index in [-0.39, 0.29) is 0 Å². The van der Waals surface area contributed by atoms with Crippen molar-refractivity contribution in [3.05, 3.63) is 35.4 Å².